The summed E-state index contributed by atoms with van der Waals surface area (Å²) in [4.78, 5) is 27.8. The van der Waals surface area contributed by atoms with E-state index in [0.29, 0.717) is 12.2 Å². The number of hydrogen-bond donors (Lipinski definition) is 1. The van der Waals surface area contributed by atoms with Crippen LogP contribution in [0.5, 0.6) is 0 Å². The molecule has 1 aliphatic heterocycles. The maximum atomic E-state index is 12.6. The minimum absolute atomic E-state index is 0.0354. The summed E-state index contributed by atoms with van der Waals surface area (Å²) in [6, 6.07) is 19.9. The van der Waals surface area contributed by atoms with Crippen molar-refractivity contribution in [2.24, 2.45) is 0 Å². The molecule has 1 atom stereocenters. The van der Waals surface area contributed by atoms with E-state index < -0.39 is 0 Å². The summed E-state index contributed by atoms with van der Waals surface area (Å²) >= 11 is 3.19. The number of anilines is 2. The maximum absolute atomic E-state index is 12.6. The number of aryl methyl sites for hydroxylation is 1. The highest BCUT2D eigenvalue weighted by Gasteiger charge is 2.34. The minimum Gasteiger partial charge on any atom is -0.326 e. The number of rotatable bonds is 6. The van der Waals surface area contributed by atoms with Crippen molar-refractivity contribution in [2.45, 2.75) is 25.1 Å². The summed E-state index contributed by atoms with van der Waals surface area (Å²) in [5, 5.41) is 4.86. The van der Waals surface area contributed by atoms with E-state index in [1.807, 2.05) is 58.8 Å². The van der Waals surface area contributed by atoms with Crippen molar-refractivity contribution in [3.8, 4) is 0 Å². The Balaban J connectivity index is 1.52. The Bertz CT molecular complexity index is 1000. The van der Waals surface area contributed by atoms with Crippen molar-refractivity contribution >= 4 is 46.3 Å². The molecule has 0 saturated carbocycles. The molecular weight excluding hydrogens is 400 g/mol. The van der Waals surface area contributed by atoms with E-state index in [-0.39, 0.29) is 17.2 Å². The van der Waals surface area contributed by atoms with Gasteiger partial charge in [0.25, 0.3) is 0 Å². The Labute approximate surface area is 178 Å². The van der Waals surface area contributed by atoms with Gasteiger partial charge in [0.2, 0.25) is 11.8 Å². The molecule has 6 heteroatoms. The Hall–Kier alpha value is -2.57. The van der Waals surface area contributed by atoms with Crippen molar-refractivity contribution in [3.05, 3.63) is 82.0 Å². The van der Waals surface area contributed by atoms with Gasteiger partial charge in [0.15, 0.2) is 0 Å². The lowest BCUT2D eigenvalue weighted by Gasteiger charge is -2.25. The lowest BCUT2D eigenvalue weighted by Crippen LogP contribution is -2.27. The smallest absolute Gasteiger partial charge is 0.238 e. The molecule has 29 heavy (non-hydrogen) atoms. The SMILES string of the molecule is CCc1ccc(N2C(=O)CSC2c2cccc(NC(=O)Cc3cccs3)c2)cc1. The van der Waals surface area contributed by atoms with E-state index in [2.05, 4.69) is 24.4 Å². The monoisotopic (exact) mass is 422 g/mol. The zero-order chi connectivity index (χ0) is 20.2. The molecule has 4 nitrogen and oxygen atoms in total. The number of thiophene rings is 1. The predicted octanol–water partition coefficient (Wildman–Crippen LogP) is 5.27. The highest BCUT2D eigenvalue weighted by Crippen LogP contribution is 2.42. The van der Waals surface area contributed by atoms with Crippen molar-refractivity contribution in [2.75, 3.05) is 16.0 Å². The number of benzene rings is 2. The summed E-state index contributed by atoms with van der Waals surface area (Å²) in [7, 11) is 0. The molecule has 2 aromatic carbocycles. The van der Waals surface area contributed by atoms with E-state index in [1.165, 1.54) is 5.56 Å². The standard InChI is InChI=1S/C23H22N2O2S2/c1-2-16-8-10-19(11-9-16)25-22(27)15-29-23(25)17-5-3-6-18(13-17)24-21(26)14-20-7-4-12-28-20/h3-13,23H,2,14-15H2,1H3,(H,24,26). The quantitative estimate of drug-likeness (QED) is 0.589. The van der Waals surface area contributed by atoms with Crippen LogP contribution in [0.3, 0.4) is 0 Å². The normalized spacial score (nSPS) is 16.2. The maximum Gasteiger partial charge on any atom is 0.238 e. The Morgan fingerprint density at radius 2 is 1.97 bits per heavy atom. The molecule has 1 saturated heterocycles. The van der Waals surface area contributed by atoms with Crippen LogP contribution in [0.25, 0.3) is 0 Å². The molecule has 1 aromatic heterocycles. The van der Waals surface area contributed by atoms with E-state index in [0.717, 1.165) is 28.2 Å². The first-order valence-corrected chi connectivity index (χ1v) is 11.5. The third kappa shape index (κ3) is 4.54. The van der Waals surface area contributed by atoms with Crippen LogP contribution in [-0.4, -0.2) is 17.6 Å². The first-order valence-electron chi connectivity index (χ1n) is 9.59. The lowest BCUT2D eigenvalue weighted by atomic mass is 10.1. The largest absolute Gasteiger partial charge is 0.326 e. The first-order chi connectivity index (χ1) is 14.1. The second-order valence-electron chi connectivity index (χ2n) is 6.88. The molecule has 0 spiro atoms. The number of hydrogen-bond acceptors (Lipinski definition) is 4. The lowest BCUT2D eigenvalue weighted by molar-refractivity contribution is -0.116. The van der Waals surface area contributed by atoms with Gasteiger partial charge in [0.1, 0.15) is 5.37 Å². The molecule has 1 unspecified atom stereocenters. The average molecular weight is 423 g/mol. The number of nitrogens with zero attached hydrogens (tertiary/aromatic N) is 1. The van der Waals surface area contributed by atoms with E-state index >= 15 is 0 Å². The third-order valence-electron chi connectivity index (χ3n) is 4.86. The molecule has 4 rings (SSSR count). The number of carbonyl (C=O) groups is 2. The molecule has 1 N–H and O–H groups in total. The highest BCUT2D eigenvalue weighted by molar-refractivity contribution is 8.00. The molecule has 1 aliphatic rings. The Kier molecular flexibility index (Phi) is 6.02. The fourth-order valence-corrected chi connectivity index (χ4v) is 5.26. The van der Waals surface area contributed by atoms with Gasteiger partial charge >= 0.3 is 0 Å². The van der Waals surface area contributed by atoms with Crippen molar-refractivity contribution in [1.82, 2.24) is 0 Å². The van der Waals surface area contributed by atoms with E-state index in [9.17, 15) is 9.59 Å². The second-order valence-corrected chi connectivity index (χ2v) is 8.98. The van der Waals surface area contributed by atoms with Gasteiger partial charge in [0, 0.05) is 16.3 Å². The zero-order valence-corrected chi connectivity index (χ0v) is 17.8. The second kappa shape index (κ2) is 8.84. The van der Waals surface area contributed by atoms with Crippen LogP contribution in [0.2, 0.25) is 0 Å². The van der Waals surface area contributed by atoms with Gasteiger partial charge in [-0.15, -0.1) is 23.1 Å². The fraction of sp³-hybridized carbons (Fsp3) is 0.217. The third-order valence-corrected chi connectivity index (χ3v) is 6.95. The summed E-state index contributed by atoms with van der Waals surface area (Å²) < 4.78 is 0. The summed E-state index contributed by atoms with van der Waals surface area (Å²) in [5.74, 6) is 0.526. The fourth-order valence-electron chi connectivity index (χ4n) is 3.39. The average Bonchev–Trinajstić information content (AvgIpc) is 3.38. The van der Waals surface area contributed by atoms with Crippen LogP contribution >= 0.6 is 23.1 Å². The van der Waals surface area contributed by atoms with Crippen LogP contribution in [0, 0.1) is 0 Å². The summed E-state index contributed by atoms with van der Waals surface area (Å²) in [6.45, 7) is 2.12. The Morgan fingerprint density at radius 1 is 1.14 bits per heavy atom. The molecule has 148 valence electrons. The van der Waals surface area contributed by atoms with E-state index in [1.54, 1.807) is 23.1 Å². The number of thioether (sulfide) groups is 1. The number of carbonyl (C=O) groups excluding carboxylic acids is 2. The highest BCUT2D eigenvalue weighted by atomic mass is 32.2. The van der Waals surface area contributed by atoms with E-state index in [4.69, 9.17) is 0 Å². The zero-order valence-electron chi connectivity index (χ0n) is 16.1. The van der Waals surface area contributed by atoms with Crippen molar-refractivity contribution in [3.63, 3.8) is 0 Å². The molecule has 0 bridgehead atoms. The molecule has 2 heterocycles. The number of nitrogens with one attached hydrogen (secondary N) is 1. The van der Waals surface area contributed by atoms with Crippen molar-refractivity contribution in [1.29, 1.82) is 0 Å². The number of amides is 2. The van der Waals surface area contributed by atoms with Gasteiger partial charge < -0.3 is 5.32 Å². The van der Waals surface area contributed by atoms with Crippen LogP contribution in [0.1, 0.15) is 28.3 Å². The van der Waals surface area contributed by atoms with Gasteiger partial charge in [-0.2, -0.15) is 0 Å². The van der Waals surface area contributed by atoms with Crippen LogP contribution in [0.15, 0.2) is 66.0 Å². The van der Waals surface area contributed by atoms with Gasteiger partial charge in [-0.25, -0.2) is 0 Å². The molecule has 1 fully saturated rings. The van der Waals surface area contributed by atoms with Crippen LogP contribution in [-0.2, 0) is 22.4 Å². The van der Waals surface area contributed by atoms with Crippen LogP contribution < -0.4 is 10.2 Å². The summed E-state index contributed by atoms with van der Waals surface area (Å²) in [5.41, 5.74) is 3.93. The predicted molar refractivity (Wildman–Crippen MR) is 122 cm³/mol. The van der Waals surface area contributed by atoms with Gasteiger partial charge in [-0.1, -0.05) is 37.3 Å². The van der Waals surface area contributed by atoms with Gasteiger partial charge in [0.05, 0.1) is 12.2 Å². The Morgan fingerprint density at radius 3 is 2.69 bits per heavy atom. The summed E-state index contributed by atoms with van der Waals surface area (Å²) in [6.07, 6.45) is 1.34. The van der Waals surface area contributed by atoms with Crippen molar-refractivity contribution < 1.29 is 9.59 Å². The van der Waals surface area contributed by atoms with Gasteiger partial charge in [-0.3, -0.25) is 14.5 Å². The molecule has 3 aromatic rings. The molecule has 0 radical (unpaired) electrons. The molecule has 2 amide bonds. The van der Waals surface area contributed by atoms with Gasteiger partial charge in [-0.05, 0) is 53.3 Å². The molecular formula is C23H22N2O2S2. The molecule has 0 aliphatic carbocycles. The van der Waals surface area contributed by atoms with Crippen LogP contribution in [0.4, 0.5) is 11.4 Å². The minimum atomic E-state index is -0.0934. The topological polar surface area (TPSA) is 49.4 Å². The first kappa shape index (κ1) is 19.7.